The SMILES string of the molecule is CCC(C(=O)O)n1cnc2scc(-c3cccc(OC)c3)c2c1=O. The number of carboxylic acids is 1. The molecule has 0 saturated carbocycles. The van der Waals surface area contributed by atoms with Gasteiger partial charge in [0.25, 0.3) is 5.56 Å². The molecular weight excluding hydrogens is 328 g/mol. The summed E-state index contributed by atoms with van der Waals surface area (Å²) in [6.45, 7) is 1.73. The maximum atomic E-state index is 12.9. The van der Waals surface area contributed by atoms with Crippen molar-refractivity contribution >= 4 is 27.5 Å². The van der Waals surface area contributed by atoms with Crippen molar-refractivity contribution in [1.29, 1.82) is 0 Å². The zero-order valence-corrected chi connectivity index (χ0v) is 14.0. The highest BCUT2D eigenvalue weighted by atomic mass is 32.1. The van der Waals surface area contributed by atoms with Crippen molar-refractivity contribution in [2.24, 2.45) is 0 Å². The van der Waals surface area contributed by atoms with Gasteiger partial charge in [-0.3, -0.25) is 9.36 Å². The van der Waals surface area contributed by atoms with Crippen LogP contribution in [0.5, 0.6) is 5.75 Å². The highest BCUT2D eigenvalue weighted by Gasteiger charge is 2.21. The lowest BCUT2D eigenvalue weighted by Gasteiger charge is -2.13. The molecule has 6 nitrogen and oxygen atoms in total. The first kappa shape index (κ1) is 16.2. The van der Waals surface area contributed by atoms with E-state index in [9.17, 15) is 14.7 Å². The van der Waals surface area contributed by atoms with Crippen LogP contribution in [0.1, 0.15) is 19.4 Å². The highest BCUT2D eigenvalue weighted by Crippen LogP contribution is 2.32. The maximum absolute atomic E-state index is 12.9. The minimum absolute atomic E-state index is 0.307. The lowest BCUT2D eigenvalue weighted by atomic mass is 10.1. The monoisotopic (exact) mass is 344 g/mol. The summed E-state index contributed by atoms with van der Waals surface area (Å²) in [6.07, 6.45) is 1.62. The number of hydrogen-bond donors (Lipinski definition) is 1. The fraction of sp³-hybridized carbons (Fsp3) is 0.235. The zero-order chi connectivity index (χ0) is 17.3. The minimum Gasteiger partial charge on any atom is -0.497 e. The predicted molar refractivity (Wildman–Crippen MR) is 92.8 cm³/mol. The van der Waals surface area contributed by atoms with Gasteiger partial charge in [-0.25, -0.2) is 9.78 Å². The number of rotatable bonds is 5. The highest BCUT2D eigenvalue weighted by molar-refractivity contribution is 7.17. The summed E-state index contributed by atoms with van der Waals surface area (Å²) in [6, 6.07) is 6.47. The molecule has 2 aromatic heterocycles. The molecule has 124 valence electrons. The summed E-state index contributed by atoms with van der Waals surface area (Å²) >= 11 is 1.36. The molecule has 0 fully saturated rings. The second-order valence-electron chi connectivity index (χ2n) is 5.28. The molecule has 1 aromatic carbocycles. The van der Waals surface area contributed by atoms with E-state index in [1.165, 1.54) is 22.2 Å². The van der Waals surface area contributed by atoms with Gasteiger partial charge in [-0.1, -0.05) is 19.1 Å². The lowest BCUT2D eigenvalue weighted by molar-refractivity contribution is -0.141. The first-order chi connectivity index (χ1) is 11.6. The molecule has 0 saturated heterocycles. The van der Waals surface area contributed by atoms with Crippen molar-refractivity contribution in [2.75, 3.05) is 7.11 Å². The first-order valence-electron chi connectivity index (χ1n) is 7.42. The van der Waals surface area contributed by atoms with Crippen molar-refractivity contribution in [2.45, 2.75) is 19.4 Å². The summed E-state index contributed by atoms with van der Waals surface area (Å²) < 4.78 is 6.43. The van der Waals surface area contributed by atoms with Crippen molar-refractivity contribution in [3.05, 3.63) is 46.3 Å². The molecule has 0 spiro atoms. The van der Waals surface area contributed by atoms with Crippen molar-refractivity contribution < 1.29 is 14.6 Å². The fourth-order valence-corrected chi connectivity index (χ4v) is 3.57. The molecule has 0 amide bonds. The first-order valence-corrected chi connectivity index (χ1v) is 8.30. The van der Waals surface area contributed by atoms with Crippen LogP contribution >= 0.6 is 11.3 Å². The molecule has 1 unspecified atom stereocenters. The van der Waals surface area contributed by atoms with E-state index in [1.807, 2.05) is 29.6 Å². The summed E-state index contributed by atoms with van der Waals surface area (Å²) in [5.41, 5.74) is 1.23. The van der Waals surface area contributed by atoms with Crippen LogP contribution in [0.15, 0.2) is 40.8 Å². The van der Waals surface area contributed by atoms with Crippen molar-refractivity contribution in [3.8, 4) is 16.9 Å². The van der Waals surface area contributed by atoms with E-state index in [2.05, 4.69) is 4.98 Å². The Labute approximate surface area is 142 Å². The van der Waals surface area contributed by atoms with Gasteiger partial charge in [-0.2, -0.15) is 0 Å². The third-order valence-electron chi connectivity index (χ3n) is 3.91. The second kappa shape index (κ2) is 6.45. The van der Waals surface area contributed by atoms with Gasteiger partial charge >= 0.3 is 5.97 Å². The molecule has 0 aliphatic carbocycles. The predicted octanol–water partition coefficient (Wildman–Crippen LogP) is 3.17. The van der Waals surface area contributed by atoms with Crippen molar-refractivity contribution in [1.82, 2.24) is 9.55 Å². The topological polar surface area (TPSA) is 81.4 Å². The van der Waals surface area contributed by atoms with Crippen LogP contribution in [0.3, 0.4) is 0 Å². The average Bonchev–Trinajstić information content (AvgIpc) is 3.02. The van der Waals surface area contributed by atoms with E-state index in [0.29, 0.717) is 22.4 Å². The number of ether oxygens (including phenoxy) is 1. The summed E-state index contributed by atoms with van der Waals surface area (Å²) in [5.74, 6) is -0.355. The molecule has 1 atom stereocenters. The second-order valence-corrected chi connectivity index (χ2v) is 6.14. The quantitative estimate of drug-likeness (QED) is 0.769. The number of benzene rings is 1. The molecule has 0 aliphatic rings. The van der Waals surface area contributed by atoms with Gasteiger partial charge in [0.05, 0.1) is 18.8 Å². The van der Waals surface area contributed by atoms with Gasteiger partial charge in [0.1, 0.15) is 16.6 Å². The fourth-order valence-electron chi connectivity index (χ4n) is 2.66. The van der Waals surface area contributed by atoms with Crippen LogP contribution in [0.4, 0.5) is 0 Å². The normalized spacial score (nSPS) is 12.2. The molecular formula is C17H16N2O4S. The van der Waals surface area contributed by atoms with Crippen LogP contribution in [-0.4, -0.2) is 27.7 Å². The molecule has 2 heterocycles. The van der Waals surface area contributed by atoms with E-state index >= 15 is 0 Å². The van der Waals surface area contributed by atoms with Gasteiger partial charge in [-0.05, 0) is 24.1 Å². The Morgan fingerprint density at radius 3 is 2.92 bits per heavy atom. The van der Waals surface area contributed by atoms with E-state index in [4.69, 9.17) is 4.74 Å². The smallest absolute Gasteiger partial charge is 0.326 e. The molecule has 1 N–H and O–H groups in total. The van der Waals surface area contributed by atoms with Gasteiger partial charge in [0.2, 0.25) is 0 Å². The number of methoxy groups -OCH3 is 1. The Morgan fingerprint density at radius 1 is 1.46 bits per heavy atom. The molecule has 7 heteroatoms. The number of fused-ring (bicyclic) bond motifs is 1. The van der Waals surface area contributed by atoms with Gasteiger partial charge in [0, 0.05) is 10.9 Å². The molecule has 3 aromatic rings. The van der Waals surface area contributed by atoms with Crippen LogP contribution in [0.25, 0.3) is 21.3 Å². The van der Waals surface area contributed by atoms with Gasteiger partial charge in [0.15, 0.2) is 0 Å². The van der Waals surface area contributed by atoms with Crippen molar-refractivity contribution in [3.63, 3.8) is 0 Å². The Kier molecular flexibility index (Phi) is 4.35. The summed E-state index contributed by atoms with van der Waals surface area (Å²) in [4.78, 5) is 29.1. The number of hydrogen-bond acceptors (Lipinski definition) is 5. The van der Waals surface area contributed by atoms with Crippen LogP contribution in [0, 0.1) is 0 Å². The maximum Gasteiger partial charge on any atom is 0.326 e. The molecule has 0 radical (unpaired) electrons. The largest absolute Gasteiger partial charge is 0.497 e. The number of aromatic nitrogens is 2. The van der Waals surface area contributed by atoms with Crippen LogP contribution < -0.4 is 10.3 Å². The third kappa shape index (κ3) is 2.67. The van der Waals surface area contributed by atoms with Gasteiger partial charge < -0.3 is 9.84 Å². The lowest BCUT2D eigenvalue weighted by Crippen LogP contribution is -2.29. The molecule has 0 aliphatic heterocycles. The summed E-state index contributed by atoms with van der Waals surface area (Å²) in [5, 5.41) is 11.6. The Hall–Kier alpha value is -2.67. The van der Waals surface area contributed by atoms with Crippen LogP contribution in [-0.2, 0) is 4.79 Å². The zero-order valence-electron chi connectivity index (χ0n) is 13.2. The Morgan fingerprint density at radius 2 is 2.25 bits per heavy atom. The number of carboxylic acid groups (broad SMARTS) is 1. The van der Waals surface area contributed by atoms with E-state index in [-0.39, 0.29) is 5.56 Å². The molecule has 3 rings (SSSR count). The third-order valence-corrected chi connectivity index (χ3v) is 4.79. The number of carbonyl (C=O) groups is 1. The standard InChI is InChI=1S/C17H16N2O4S/c1-3-13(17(21)22)19-9-18-15-14(16(19)20)12(8-24-15)10-5-4-6-11(7-10)23-2/h4-9,13H,3H2,1-2H3,(H,21,22). The summed E-state index contributed by atoms with van der Waals surface area (Å²) in [7, 11) is 1.58. The number of nitrogens with zero attached hydrogens (tertiary/aromatic N) is 2. The van der Waals surface area contributed by atoms with Gasteiger partial charge in [-0.15, -0.1) is 11.3 Å². The average molecular weight is 344 g/mol. The molecule has 0 bridgehead atoms. The van der Waals surface area contributed by atoms with Crippen LogP contribution in [0.2, 0.25) is 0 Å². The number of thiophene rings is 1. The van der Waals surface area contributed by atoms with E-state index in [0.717, 1.165) is 11.1 Å². The Bertz CT molecular complexity index is 961. The molecule has 24 heavy (non-hydrogen) atoms. The van der Waals surface area contributed by atoms with E-state index in [1.54, 1.807) is 14.0 Å². The van der Waals surface area contributed by atoms with E-state index < -0.39 is 12.0 Å². The Balaban J connectivity index is 2.24. The minimum atomic E-state index is -1.04. The number of aliphatic carboxylic acids is 1.